The summed E-state index contributed by atoms with van der Waals surface area (Å²) in [6.07, 6.45) is -1.67. The van der Waals surface area contributed by atoms with Gasteiger partial charge in [0.25, 0.3) is 11.8 Å². The first-order chi connectivity index (χ1) is 23.9. The maximum absolute atomic E-state index is 13.7. The van der Waals surface area contributed by atoms with E-state index in [1.54, 1.807) is 13.1 Å². The third-order valence-corrected chi connectivity index (χ3v) is 9.70. The van der Waals surface area contributed by atoms with Crippen molar-refractivity contribution in [2.24, 2.45) is 0 Å². The van der Waals surface area contributed by atoms with Crippen molar-refractivity contribution in [1.29, 1.82) is 0 Å². The molecule has 0 radical (unpaired) electrons. The molecule has 4 N–H and O–H groups in total. The fourth-order valence-corrected chi connectivity index (χ4v) is 6.68. The van der Waals surface area contributed by atoms with Gasteiger partial charge in [0.05, 0.1) is 23.8 Å². The van der Waals surface area contributed by atoms with Crippen LogP contribution in [0.15, 0.2) is 102 Å². The van der Waals surface area contributed by atoms with Gasteiger partial charge in [0.2, 0.25) is 5.56 Å². The second-order valence-electron chi connectivity index (χ2n) is 13.1. The molecule has 1 aromatic heterocycles. The van der Waals surface area contributed by atoms with Crippen molar-refractivity contribution in [2.45, 2.75) is 75.4 Å². The lowest BCUT2D eigenvalue weighted by Gasteiger charge is -2.40. The van der Waals surface area contributed by atoms with Crippen LogP contribution in [0.5, 0.6) is 0 Å². The normalized spacial score (nSPS) is 16.2. The number of aromatic amines is 1. The van der Waals surface area contributed by atoms with Crippen LogP contribution < -0.4 is 16.2 Å². The Labute approximate surface area is 289 Å². The van der Waals surface area contributed by atoms with Crippen LogP contribution in [0.25, 0.3) is 0 Å². The molecule has 0 spiro atoms. The Morgan fingerprint density at radius 2 is 1.58 bits per heavy atom. The molecule has 1 fully saturated rings. The van der Waals surface area contributed by atoms with E-state index >= 15 is 0 Å². The summed E-state index contributed by atoms with van der Waals surface area (Å²) in [6.45, 7) is 1.84. The SMILES string of the molecule is C[C@H](c1ccccc1)N(C)C(=O)c1cc(C(=O)N[C@@H](Cc2ccccc2)[C@H](O)CNC2(c3cccc(C(F)(F)F)c3)CCCCC2)[nH]c(=O)c1. The second-order valence-corrected chi connectivity index (χ2v) is 13.1. The number of alkyl halides is 3. The number of hydrogen-bond donors (Lipinski definition) is 4. The van der Waals surface area contributed by atoms with Crippen molar-refractivity contribution >= 4 is 11.8 Å². The largest absolute Gasteiger partial charge is 0.416 e. The molecular weight excluding hydrogens is 645 g/mol. The minimum atomic E-state index is -4.49. The summed E-state index contributed by atoms with van der Waals surface area (Å²) in [5.74, 6) is -1.14. The van der Waals surface area contributed by atoms with Crippen LogP contribution in [0.2, 0.25) is 0 Å². The predicted octanol–water partition coefficient (Wildman–Crippen LogP) is 6.38. The van der Waals surface area contributed by atoms with Gasteiger partial charge in [-0.2, -0.15) is 13.2 Å². The second kappa shape index (κ2) is 15.9. The first kappa shape index (κ1) is 36.5. The number of aromatic nitrogens is 1. The van der Waals surface area contributed by atoms with Crippen LogP contribution in [-0.2, 0) is 18.1 Å². The standard InChI is InChI=1S/C39H43F3N4O4/c1-26(28-15-8-4-9-16-28)46(2)37(50)29-22-33(44-35(48)23-29)36(49)45-32(21-27-13-6-3-7-14-27)34(47)25-43-38(19-10-5-11-20-38)30-17-12-18-31(24-30)39(40,41)42/h3-4,6-9,12-18,22-24,26,32,34,43,47H,5,10-11,19-21,25H2,1-2H3,(H,44,48)(H,45,49)/t26-,32+,34-/m1/s1. The summed E-state index contributed by atoms with van der Waals surface area (Å²) in [5.41, 5.74) is -0.0233. The van der Waals surface area contributed by atoms with Crippen LogP contribution >= 0.6 is 0 Å². The smallest absolute Gasteiger partial charge is 0.390 e. The first-order valence-electron chi connectivity index (χ1n) is 16.9. The van der Waals surface area contributed by atoms with Crippen LogP contribution in [0.4, 0.5) is 13.2 Å². The molecule has 1 heterocycles. The molecule has 3 aromatic carbocycles. The number of pyridine rings is 1. The topological polar surface area (TPSA) is 115 Å². The Balaban J connectivity index is 1.37. The van der Waals surface area contributed by atoms with Crippen molar-refractivity contribution in [3.63, 3.8) is 0 Å². The lowest BCUT2D eigenvalue weighted by Crippen LogP contribution is -2.53. The number of nitrogens with one attached hydrogen (secondary N) is 3. The molecule has 1 aliphatic rings. The van der Waals surface area contributed by atoms with E-state index in [1.165, 1.54) is 23.1 Å². The van der Waals surface area contributed by atoms with Crippen LogP contribution in [0, 0.1) is 0 Å². The average Bonchev–Trinajstić information content (AvgIpc) is 3.13. The van der Waals surface area contributed by atoms with Crippen LogP contribution in [-0.4, -0.2) is 52.5 Å². The van der Waals surface area contributed by atoms with Crippen molar-refractivity contribution < 1.29 is 27.9 Å². The number of amides is 2. The number of halogens is 3. The lowest BCUT2D eigenvalue weighted by molar-refractivity contribution is -0.137. The highest BCUT2D eigenvalue weighted by Crippen LogP contribution is 2.39. The minimum Gasteiger partial charge on any atom is -0.390 e. The molecule has 1 aliphatic carbocycles. The molecule has 0 saturated heterocycles. The van der Waals surface area contributed by atoms with Crippen molar-refractivity contribution in [3.05, 3.63) is 141 Å². The van der Waals surface area contributed by atoms with Crippen molar-refractivity contribution in [2.75, 3.05) is 13.6 Å². The van der Waals surface area contributed by atoms with Gasteiger partial charge in [-0.1, -0.05) is 92.1 Å². The van der Waals surface area contributed by atoms with E-state index in [0.717, 1.165) is 42.5 Å². The van der Waals surface area contributed by atoms with Gasteiger partial charge in [-0.15, -0.1) is 0 Å². The van der Waals surface area contributed by atoms with E-state index in [4.69, 9.17) is 0 Å². The fourth-order valence-electron chi connectivity index (χ4n) is 6.68. The molecule has 2 amide bonds. The fraction of sp³-hybridized carbons (Fsp3) is 0.359. The number of nitrogens with zero attached hydrogens (tertiary/aromatic N) is 1. The summed E-state index contributed by atoms with van der Waals surface area (Å²) >= 11 is 0. The van der Waals surface area contributed by atoms with Gasteiger partial charge < -0.3 is 25.6 Å². The number of carbonyl (C=O) groups excluding carboxylic acids is 2. The minimum absolute atomic E-state index is 0.0226. The van der Waals surface area contributed by atoms with Crippen molar-refractivity contribution in [3.8, 4) is 0 Å². The number of benzene rings is 3. The van der Waals surface area contributed by atoms with Gasteiger partial charge in [0.1, 0.15) is 5.69 Å². The maximum atomic E-state index is 13.7. The van der Waals surface area contributed by atoms with E-state index in [9.17, 15) is 32.7 Å². The van der Waals surface area contributed by atoms with Gasteiger partial charge in [-0.3, -0.25) is 14.4 Å². The zero-order chi connectivity index (χ0) is 35.9. The van der Waals surface area contributed by atoms with Crippen molar-refractivity contribution in [1.82, 2.24) is 20.5 Å². The molecule has 0 unspecified atom stereocenters. The Kier molecular flexibility index (Phi) is 11.6. The molecule has 264 valence electrons. The van der Waals surface area contributed by atoms with Gasteiger partial charge in [0.15, 0.2) is 0 Å². The number of carbonyl (C=O) groups is 2. The van der Waals surface area contributed by atoms with Gasteiger partial charge >= 0.3 is 6.18 Å². The molecule has 5 rings (SSSR count). The molecular formula is C39H43F3N4O4. The predicted molar refractivity (Wildman–Crippen MR) is 186 cm³/mol. The van der Waals surface area contributed by atoms with Gasteiger partial charge in [-0.05, 0) is 61.1 Å². The monoisotopic (exact) mass is 688 g/mol. The zero-order valence-electron chi connectivity index (χ0n) is 28.2. The summed E-state index contributed by atoms with van der Waals surface area (Å²) in [6, 6.07) is 25.3. The van der Waals surface area contributed by atoms with E-state index in [-0.39, 0.29) is 30.3 Å². The quantitative estimate of drug-likeness (QED) is 0.138. The van der Waals surface area contributed by atoms with Crippen LogP contribution in [0.3, 0.4) is 0 Å². The van der Waals surface area contributed by atoms with E-state index in [1.807, 2.05) is 67.6 Å². The number of aliphatic hydroxyl groups excluding tert-OH is 1. The Morgan fingerprint density at radius 1 is 0.920 bits per heavy atom. The summed E-state index contributed by atoms with van der Waals surface area (Å²) < 4.78 is 40.9. The van der Waals surface area contributed by atoms with Gasteiger partial charge in [-0.25, -0.2) is 0 Å². The van der Waals surface area contributed by atoms with Crippen LogP contribution in [0.1, 0.15) is 88.2 Å². The van der Waals surface area contributed by atoms with E-state index in [0.29, 0.717) is 18.4 Å². The molecule has 11 heteroatoms. The molecule has 3 atom stereocenters. The number of rotatable bonds is 12. The highest BCUT2D eigenvalue weighted by atomic mass is 19.4. The zero-order valence-corrected chi connectivity index (χ0v) is 28.2. The molecule has 4 aromatic rings. The molecule has 8 nitrogen and oxygen atoms in total. The third kappa shape index (κ3) is 8.88. The lowest BCUT2D eigenvalue weighted by atomic mass is 9.76. The highest BCUT2D eigenvalue weighted by Gasteiger charge is 2.38. The average molecular weight is 689 g/mol. The van der Waals surface area contributed by atoms with E-state index < -0.39 is 46.8 Å². The molecule has 50 heavy (non-hydrogen) atoms. The highest BCUT2D eigenvalue weighted by molar-refractivity contribution is 5.98. The first-order valence-corrected chi connectivity index (χ1v) is 16.9. The Morgan fingerprint density at radius 3 is 2.24 bits per heavy atom. The Bertz CT molecular complexity index is 1810. The maximum Gasteiger partial charge on any atom is 0.416 e. The Hall–Kier alpha value is -4.74. The third-order valence-electron chi connectivity index (χ3n) is 9.70. The molecule has 1 saturated carbocycles. The number of hydrogen-bond acceptors (Lipinski definition) is 5. The summed E-state index contributed by atoms with van der Waals surface area (Å²) in [4.78, 5) is 43.8. The number of aliphatic hydroxyl groups is 1. The van der Waals surface area contributed by atoms with E-state index in [2.05, 4.69) is 15.6 Å². The summed E-state index contributed by atoms with van der Waals surface area (Å²) in [7, 11) is 1.62. The molecule has 0 bridgehead atoms. The molecule has 0 aliphatic heterocycles. The number of H-pyrrole nitrogens is 1. The summed E-state index contributed by atoms with van der Waals surface area (Å²) in [5, 5.41) is 17.8. The van der Waals surface area contributed by atoms with Gasteiger partial charge in [0, 0.05) is 30.8 Å².